The van der Waals surface area contributed by atoms with Gasteiger partial charge < -0.3 is 5.73 Å². The van der Waals surface area contributed by atoms with E-state index in [0.717, 1.165) is 29.9 Å². The highest BCUT2D eigenvalue weighted by Crippen LogP contribution is 2.34. The van der Waals surface area contributed by atoms with E-state index in [1.165, 1.54) is 12.1 Å². The molecule has 1 aromatic rings. The average molecular weight is 257 g/mol. The molecule has 1 fully saturated rings. The van der Waals surface area contributed by atoms with Gasteiger partial charge in [-0.2, -0.15) is 11.8 Å². The fraction of sp³-hybridized carbons (Fsp3) is 0.538. The molecule has 1 heterocycles. The molecule has 0 spiro atoms. The zero-order valence-electron chi connectivity index (χ0n) is 9.66. The van der Waals surface area contributed by atoms with Crippen LogP contribution in [0.4, 0.5) is 8.78 Å². The third-order valence-corrected chi connectivity index (χ3v) is 4.51. The minimum absolute atomic E-state index is 0.158. The van der Waals surface area contributed by atoms with E-state index in [1.54, 1.807) is 6.07 Å². The molecule has 0 radical (unpaired) electrons. The number of hydrogen-bond acceptors (Lipinski definition) is 2. The number of thioether (sulfide) groups is 1. The molecule has 1 aliphatic heterocycles. The summed E-state index contributed by atoms with van der Waals surface area (Å²) in [7, 11) is 0. The topological polar surface area (TPSA) is 26.0 Å². The summed E-state index contributed by atoms with van der Waals surface area (Å²) >= 11 is 1.95. The van der Waals surface area contributed by atoms with Crippen molar-refractivity contribution in [3.8, 4) is 0 Å². The lowest BCUT2D eigenvalue weighted by Gasteiger charge is -2.29. The Labute approximate surface area is 105 Å². The van der Waals surface area contributed by atoms with Crippen molar-refractivity contribution in [2.75, 3.05) is 18.1 Å². The number of nitrogens with two attached hydrogens (primary N) is 1. The molecule has 1 aliphatic rings. The predicted octanol–water partition coefficient (Wildman–Crippen LogP) is 3.15. The summed E-state index contributed by atoms with van der Waals surface area (Å²) in [6.45, 7) is 0.500. The highest BCUT2D eigenvalue weighted by atomic mass is 32.2. The second kappa shape index (κ2) is 5.83. The molecule has 1 unspecified atom stereocenters. The van der Waals surface area contributed by atoms with Gasteiger partial charge in [0.25, 0.3) is 0 Å². The Morgan fingerprint density at radius 1 is 1.24 bits per heavy atom. The predicted molar refractivity (Wildman–Crippen MR) is 68.2 cm³/mol. The Kier molecular flexibility index (Phi) is 4.40. The van der Waals surface area contributed by atoms with Crippen molar-refractivity contribution in [2.24, 2.45) is 11.7 Å². The zero-order chi connectivity index (χ0) is 12.3. The van der Waals surface area contributed by atoms with Crippen LogP contribution >= 0.6 is 11.8 Å². The summed E-state index contributed by atoms with van der Waals surface area (Å²) < 4.78 is 26.1. The van der Waals surface area contributed by atoms with E-state index in [0.29, 0.717) is 12.5 Å². The molecule has 94 valence electrons. The quantitative estimate of drug-likeness (QED) is 0.900. The molecule has 2 N–H and O–H groups in total. The minimum Gasteiger partial charge on any atom is -0.330 e. The Morgan fingerprint density at radius 3 is 2.53 bits per heavy atom. The first-order chi connectivity index (χ1) is 8.22. The second-order valence-electron chi connectivity index (χ2n) is 4.47. The first-order valence-electron chi connectivity index (χ1n) is 5.95. The number of hydrogen-bond donors (Lipinski definition) is 1. The number of benzene rings is 1. The summed E-state index contributed by atoms with van der Waals surface area (Å²) in [4.78, 5) is 0. The molecule has 1 saturated heterocycles. The van der Waals surface area contributed by atoms with E-state index in [-0.39, 0.29) is 5.92 Å². The van der Waals surface area contributed by atoms with Gasteiger partial charge in [-0.25, -0.2) is 8.78 Å². The van der Waals surface area contributed by atoms with Gasteiger partial charge in [-0.3, -0.25) is 0 Å². The van der Waals surface area contributed by atoms with Crippen molar-refractivity contribution in [2.45, 2.75) is 18.8 Å². The van der Waals surface area contributed by atoms with Gasteiger partial charge in [-0.1, -0.05) is 6.07 Å². The highest BCUT2D eigenvalue weighted by molar-refractivity contribution is 7.99. The fourth-order valence-electron chi connectivity index (χ4n) is 2.46. The van der Waals surface area contributed by atoms with E-state index < -0.39 is 11.6 Å². The molecule has 0 saturated carbocycles. The maximum atomic E-state index is 13.2. The summed E-state index contributed by atoms with van der Waals surface area (Å²) in [6.07, 6.45) is 2.23. The van der Waals surface area contributed by atoms with Crippen LogP contribution in [-0.4, -0.2) is 18.1 Å². The van der Waals surface area contributed by atoms with Crippen LogP contribution in [0.15, 0.2) is 18.2 Å². The molecule has 1 aromatic carbocycles. The average Bonchev–Trinajstić information content (AvgIpc) is 2.36. The molecule has 17 heavy (non-hydrogen) atoms. The smallest absolute Gasteiger partial charge is 0.159 e. The minimum atomic E-state index is -0.788. The molecule has 0 aromatic heterocycles. The van der Waals surface area contributed by atoms with Crippen LogP contribution in [0.3, 0.4) is 0 Å². The van der Waals surface area contributed by atoms with Crippen molar-refractivity contribution >= 4 is 11.8 Å². The van der Waals surface area contributed by atoms with Gasteiger partial charge in [0, 0.05) is 0 Å². The normalized spacial score (nSPS) is 19.2. The Balaban J connectivity index is 2.18. The van der Waals surface area contributed by atoms with Gasteiger partial charge in [-0.05, 0) is 60.4 Å². The molecule has 0 bridgehead atoms. The molecule has 2 rings (SSSR count). The molecule has 0 aliphatic carbocycles. The first kappa shape index (κ1) is 12.8. The molecular weight excluding hydrogens is 240 g/mol. The molecule has 0 amide bonds. The molecule has 4 heteroatoms. The van der Waals surface area contributed by atoms with E-state index in [9.17, 15) is 8.78 Å². The van der Waals surface area contributed by atoms with Gasteiger partial charge in [0.1, 0.15) is 0 Å². The van der Waals surface area contributed by atoms with E-state index >= 15 is 0 Å². The van der Waals surface area contributed by atoms with Gasteiger partial charge in [0.05, 0.1) is 0 Å². The third-order valence-electron chi connectivity index (χ3n) is 3.46. The van der Waals surface area contributed by atoms with E-state index in [2.05, 4.69) is 0 Å². The lowest BCUT2D eigenvalue weighted by atomic mass is 9.82. The maximum absolute atomic E-state index is 13.2. The van der Waals surface area contributed by atoms with Crippen LogP contribution in [0.1, 0.15) is 24.3 Å². The Bertz CT molecular complexity index is 378. The fourth-order valence-corrected chi connectivity index (χ4v) is 3.60. The molecular formula is C13H17F2NS. The molecule has 1 atom stereocenters. The van der Waals surface area contributed by atoms with Crippen molar-refractivity contribution in [3.05, 3.63) is 35.4 Å². The Hall–Kier alpha value is -0.610. The summed E-state index contributed by atoms with van der Waals surface area (Å²) in [5.74, 6) is 1.39. The lowest BCUT2D eigenvalue weighted by molar-refractivity contribution is 0.398. The van der Waals surface area contributed by atoms with E-state index in [1.807, 2.05) is 11.8 Å². The van der Waals surface area contributed by atoms with Crippen molar-refractivity contribution in [3.63, 3.8) is 0 Å². The van der Waals surface area contributed by atoms with Crippen LogP contribution in [-0.2, 0) is 0 Å². The van der Waals surface area contributed by atoms with Crippen molar-refractivity contribution in [1.82, 2.24) is 0 Å². The van der Waals surface area contributed by atoms with Crippen LogP contribution in [0.5, 0.6) is 0 Å². The van der Waals surface area contributed by atoms with Crippen LogP contribution in [0.2, 0.25) is 0 Å². The summed E-state index contributed by atoms with van der Waals surface area (Å²) in [6, 6.07) is 4.16. The first-order valence-corrected chi connectivity index (χ1v) is 7.10. The van der Waals surface area contributed by atoms with Crippen molar-refractivity contribution < 1.29 is 8.78 Å². The maximum Gasteiger partial charge on any atom is 0.159 e. The SMILES string of the molecule is NCC(c1ccc(F)c(F)c1)C1CCSCC1. The largest absolute Gasteiger partial charge is 0.330 e. The van der Waals surface area contributed by atoms with Gasteiger partial charge in [-0.15, -0.1) is 0 Å². The van der Waals surface area contributed by atoms with E-state index in [4.69, 9.17) is 5.73 Å². The lowest BCUT2D eigenvalue weighted by Crippen LogP contribution is -2.25. The Morgan fingerprint density at radius 2 is 1.94 bits per heavy atom. The van der Waals surface area contributed by atoms with Crippen LogP contribution in [0, 0.1) is 17.6 Å². The van der Waals surface area contributed by atoms with Crippen molar-refractivity contribution in [1.29, 1.82) is 0 Å². The van der Waals surface area contributed by atoms with Gasteiger partial charge in [0.2, 0.25) is 0 Å². The monoisotopic (exact) mass is 257 g/mol. The highest BCUT2D eigenvalue weighted by Gasteiger charge is 2.24. The van der Waals surface area contributed by atoms with Crippen LogP contribution < -0.4 is 5.73 Å². The summed E-state index contributed by atoms with van der Waals surface area (Å²) in [5.41, 5.74) is 6.64. The standard InChI is InChI=1S/C13H17F2NS/c14-12-2-1-10(7-13(12)15)11(8-16)9-3-5-17-6-4-9/h1-2,7,9,11H,3-6,8,16H2. The number of halogens is 2. The number of rotatable bonds is 3. The van der Waals surface area contributed by atoms with Gasteiger partial charge in [0.15, 0.2) is 11.6 Å². The van der Waals surface area contributed by atoms with Gasteiger partial charge >= 0.3 is 0 Å². The molecule has 1 nitrogen and oxygen atoms in total. The zero-order valence-corrected chi connectivity index (χ0v) is 10.5. The second-order valence-corrected chi connectivity index (χ2v) is 5.69. The third kappa shape index (κ3) is 2.99. The van der Waals surface area contributed by atoms with Crippen LogP contribution in [0.25, 0.3) is 0 Å². The summed E-state index contributed by atoms with van der Waals surface area (Å²) in [5, 5.41) is 0.